The van der Waals surface area contributed by atoms with Gasteiger partial charge in [0, 0.05) is 46.4 Å². The summed E-state index contributed by atoms with van der Waals surface area (Å²) in [7, 11) is -3.45. The predicted molar refractivity (Wildman–Crippen MR) is 176 cm³/mol. The second-order valence-electron chi connectivity index (χ2n) is 10.9. The van der Waals surface area contributed by atoms with E-state index in [4.69, 9.17) is 0 Å². The molecule has 0 aliphatic carbocycles. The van der Waals surface area contributed by atoms with E-state index < -0.39 is 15.8 Å². The Balaban J connectivity index is 1.22. The van der Waals surface area contributed by atoms with Crippen LogP contribution in [-0.2, 0) is 16.6 Å². The number of nitrogens with one attached hydrogen (secondary N) is 4. The lowest BCUT2D eigenvalue weighted by Crippen LogP contribution is -2.21. The molecule has 0 radical (unpaired) electrons. The number of benzene rings is 3. The van der Waals surface area contributed by atoms with Gasteiger partial charge in [0.1, 0.15) is 11.5 Å². The van der Waals surface area contributed by atoms with Gasteiger partial charge in [-0.1, -0.05) is 24.3 Å². The lowest BCUT2D eigenvalue weighted by atomic mass is 10.0. The first-order valence-corrected chi connectivity index (χ1v) is 16.1. The van der Waals surface area contributed by atoms with E-state index >= 15 is 0 Å². The number of nitrogens with zero attached hydrogens (tertiary/aromatic N) is 3. The van der Waals surface area contributed by atoms with Crippen LogP contribution < -0.4 is 10.0 Å². The second kappa shape index (κ2) is 11.7. The molecule has 0 aliphatic rings. The molecule has 4 heterocycles. The number of carbonyl (C=O) groups excluding carboxylic acids is 1. The van der Waals surface area contributed by atoms with Gasteiger partial charge in [-0.2, -0.15) is 5.10 Å². The standard InChI is InChI=1S/C34H26FN7O3S/c1-46(44,45)38-15-20-9-23(11-25(35)10-20)29-18-37-19-32-27(29)14-31(40-32)33-28-13-22(7-8-30(28)41-42-33)24-12-26(17-36-16-24)39-34(43)21-5-3-2-4-6-21/h2-14,16-19,38,40H,15H2,1H3,(H,39,43)(H,41,42). The smallest absolute Gasteiger partial charge is 0.255 e. The number of rotatable bonds is 8. The Kier molecular flexibility index (Phi) is 7.35. The maximum absolute atomic E-state index is 14.6. The van der Waals surface area contributed by atoms with Crippen molar-refractivity contribution in [2.45, 2.75) is 6.54 Å². The summed E-state index contributed by atoms with van der Waals surface area (Å²) in [5, 5.41) is 12.2. The van der Waals surface area contributed by atoms with Crippen LogP contribution in [0.25, 0.3) is 55.4 Å². The summed E-state index contributed by atoms with van der Waals surface area (Å²) < 4.78 is 40.2. The first-order chi connectivity index (χ1) is 22.2. The van der Waals surface area contributed by atoms with Crippen molar-refractivity contribution in [2.24, 2.45) is 0 Å². The van der Waals surface area contributed by atoms with Gasteiger partial charge in [-0.25, -0.2) is 17.5 Å². The number of aromatic amines is 2. The van der Waals surface area contributed by atoms with Gasteiger partial charge in [-0.15, -0.1) is 0 Å². The number of amides is 1. The largest absolute Gasteiger partial charge is 0.352 e. The molecule has 0 aliphatic heterocycles. The SMILES string of the molecule is CS(=O)(=O)NCc1cc(F)cc(-c2cncc3[nH]c(-c4n[nH]c5ccc(-c6cncc(NC(=O)c7ccccc7)c6)cc45)cc23)c1. The molecule has 1 amide bonds. The number of fused-ring (bicyclic) bond motifs is 2. The summed E-state index contributed by atoms with van der Waals surface area (Å²) >= 11 is 0. The van der Waals surface area contributed by atoms with Crippen LogP contribution in [0.15, 0.2) is 104 Å². The summed E-state index contributed by atoms with van der Waals surface area (Å²) in [5.74, 6) is -0.709. The number of carbonyl (C=O) groups is 1. The first kappa shape index (κ1) is 29.0. The second-order valence-corrected chi connectivity index (χ2v) is 12.7. The molecule has 7 rings (SSSR count). The molecule has 12 heteroatoms. The molecule has 228 valence electrons. The average molecular weight is 632 g/mol. The normalized spacial score (nSPS) is 11.7. The number of hydrogen-bond donors (Lipinski definition) is 4. The Morgan fingerprint density at radius 1 is 0.826 bits per heavy atom. The zero-order valence-corrected chi connectivity index (χ0v) is 25.2. The molecular formula is C34H26FN7O3S. The van der Waals surface area contributed by atoms with Crippen molar-refractivity contribution >= 4 is 43.4 Å². The average Bonchev–Trinajstić information content (AvgIpc) is 3.68. The minimum Gasteiger partial charge on any atom is -0.352 e. The molecule has 4 N–H and O–H groups in total. The number of aromatic nitrogens is 5. The molecule has 0 bridgehead atoms. The van der Waals surface area contributed by atoms with Gasteiger partial charge in [-0.3, -0.25) is 19.9 Å². The van der Waals surface area contributed by atoms with Crippen molar-refractivity contribution in [3.05, 3.63) is 121 Å². The summed E-state index contributed by atoms with van der Waals surface area (Å²) in [5.41, 5.74) is 7.51. The van der Waals surface area contributed by atoms with Crippen molar-refractivity contribution in [1.29, 1.82) is 0 Å². The van der Waals surface area contributed by atoms with E-state index in [-0.39, 0.29) is 12.5 Å². The maximum Gasteiger partial charge on any atom is 0.255 e. The highest BCUT2D eigenvalue weighted by atomic mass is 32.2. The van der Waals surface area contributed by atoms with E-state index in [0.717, 1.165) is 44.9 Å². The van der Waals surface area contributed by atoms with E-state index in [1.807, 2.05) is 48.5 Å². The fourth-order valence-electron chi connectivity index (χ4n) is 5.39. The number of halogens is 1. The van der Waals surface area contributed by atoms with E-state index in [9.17, 15) is 17.6 Å². The molecule has 46 heavy (non-hydrogen) atoms. The van der Waals surface area contributed by atoms with Crippen LogP contribution in [0, 0.1) is 5.82 Å². The van der Waals surface area contributed by atoms with Crippen LogP contribution in [0.1, 0.15) is 15.9 Å². The molecule has 0 atom stereocenters. The molecular weight excluding hydrogens is 605 g/mol. The molecule has 3 aromatic carbocycles. The fourth-order valence-corrected chi connectivity index (χ4v) is 5.82. The zero-order valence-electron chi connectivity index (χ0n) is 24.4. The molecule has 4 aromatic heterocycles. The third-order valence-electron chi connectivity index (χ3n) is 7.54. The van der Waals surface area contributed by atoms with Crippen LogP contribution in [0.4, 0.5) is 10.1 Å². The van der Waals surface area contributed by atoms with E-state index in [2.05, 4.69) is 35.2 Å². The van der Waals surface area contributed by atoms with Crippen molar-refractivity contribution in [3.63, 3.8) is 0 Å². The van der Waals surface area contributed by atoms with E-state index in [1.165, 1.54) is 12.1 Å². The molecule has 10 nitrogen and oxygen atoms in total. The molecule has 0 spiro atoms. The van der Waals surface area contributed by atoms with Gasteiger partial charge in [0.25, 0.3) is 5.91 Å². The van der Waals surface area contributed by atoms with Gasteiger partial charge in [0.15, 0.2) is 0 Å². The molecule has 0 fully saturated rings. The van der Waals surface area contributed by atoms with Crippen LogP contribution in [-0.4, -0.2) is 45.7 Å². The lowest BCUT2D eigenvalue weighted by Gasteiger charge is -2.08. The van der Waals surface area contributed by atoms with Gasteiger partial charge in [0.2, 0.25) is 10.0 Å². The predicted octanol–water partition coefficient (Wildman–Crippen LogP) is 6.28. The minimum absolute atomic E-state index is 0.0369. The van der Waals surface area contributed by atoms with Gasteiger partial charge in [-0.05, 0) is 71.3 Å². The Labute approximate surface area is 262 Å². The highest BCUT2D eigenvalue weighted by Gasteiger charge is 2.16. The lowest BCUT2D eigenvalue weighted by molar-refractivity contribution is 0.102. The zero-order chi connectivity index (χ0) is 31.8. The maximum atomic E-state index is 14.6. The summed E-state index contributed by atoms with van der Waals surface area (Å²) in [6, 6.07) is 23.1. The van der Waals surface area contributed by atoms with Crippen molar-refractivity contribution in [3.8, 4) is 33.6 Å². The van der Waals surface area contributed by atoms with Crippen LogP contribution in [0.5, 0.6) is 0 Å². The third kappa shape index (κ3) is 5.99. The molecule has 0 unspecified atom stereocenters. The molecule has 0 saturated carbocycles. The van der Waals surface area contributed by atoms with Crippen molar-refractivity contribution in [1.82, 2.24) is 29.9 Å². The Bertz CT molecular complexity index is 2370. The molecule has 0 saturated heterocycles. The fraction of sp³-hybridized carbons (Fsp3) is 0.0588. The highest BCUT2D eigenvalue weighted by molar-refractivity contribution is 7.88. The Morgan fingerprint density at radius 2 is 1.65 bits per heavy atom. The Hall–Kier alpha value is -5.72. The minimum atomic E-state index is -3.45. The topological polar surface area (TPSA) is 146 Å². The van der Waals surface area contributed by atoms with Crippen LogP contribution >= 0.6 is 0 Å². The Morgan fingerprint density at radius 3 is 2.48 bits per heavy atom. The summed E-state index contributed by atoms with van der Waals surface area (Å²) in [4.78, 5) is 24.8. The van der Waals surface area contributed by atoms with Crippen LogP contribution in [0.2, 0.25) is 0 Å². The summed E-state index contributed by atoms with van der Waals surface area (Å²) in [6.45, 7) is -0.0369. The van der Waals surface area contributed by atoms with E-state index in [0.29, 0.717) is 33.6 Å². The number of pyridine rings is 2. The van der Waals surface area contributed by atoms with Gasteiger partial charge >= 0.3 is 0 Å². The van der Waals surface area contributed by atoms with Gasteiger partial charge in [0.05, 0.1) is 41.1 Å². The number of anilines is 1. The quantitative estimate of drug-likeness (QED) is 0.155. The van der Waals surface area contributed by atoms with Crippen molar-refractivity contribution < 1.29 is 17.6 Å². The summed E-state index contributed by atoms with van der Waals surface area (Å²) in [6.07, 6.45) is 7.74. The number of H-pyrrole nitrogens is 2. The van der Waals surface area contributed by atoms with Crippen molar-refractivity contribution in [2.75, 3.05) is 11.6 Å². The monoisotopic (exact) mass is 631 g/mol. The van der Waals surface area contributed by atoms with Gasteiger partial charge < -0.3 is 10.3 Å². The number of sulfonamides is 1. The third-order valence-corrected chi connectivity index (χ3v) is 8.20. The highest BCUT2D eigenvalue weighted by Crippen LogP contribution is 2.35. The van der Waals surface area contributed by atoms with Crippen LogP contribution in [0.3, 0.4) is 0 Å². The first-order valence-electron chi connectivity index (χ1n) is 14.2. The molecule has 7 aromatic rings. The van der Waals surface area contributed by atoms with E-state index in [1.54, 1.807) is 43.0 Å². The number of hydrogen-bond acceptors (Lipinski definition) is 6.